The average Bonchev–Trinajstić information content (AvgIpc) is 2.94. The second kappa shape index (κ2) is 9.17. The van der Waals surface area contributed by atoms with Crippen LogP contribution in [0.2, 0.25) is 0 Å². The van der Waals surface area contributed by atoms with Gasteiger partial charge in [-0.25, -0.2) is 14.6 Å². The minimum atomic E-state index is -0.517. The molecular weight excluding hydrogens is 340 g/mol. The molecule has 0 radical (unpaired) electrons. The van der Waals surface area contributed by atoms with Gasteiger partial charge in [0.15, 0.2) is 5.69 Å². The largest absolute Gasteiger partial charge is 0.461 e. The lowest BCUT2D eigenvalue weighted by molar-refractivity contribution is 0.0170. The molecular formula is C18H30N2O4S. The lowest BCUT2D eigenvalue weighted by atomic mass is 9.98. The number of carbonyl (C=O) groups excluding carboxylic acids is 2. The molecule has 25 heavy (non-hydrogen) atoms. The third kappa shape index (κ3) is 7.02. The molecule has 0 aliphatic rings. The van der Waals surface area contributed by atoms with Gasteiger partial charge in [-0.15, -0.1) is 11.3 Å². The fraction of sp³-hybridized carbons (Fsp3) is 0.722. The van der Waals surface area contributed by atoms with E-state index in [-0.39, 0.29) is 18.1 Å². The topological polar surface area (TPSA) is 68.7 Å². The zero-order valence-electron chi connectivity index (χ0n) is 16.3. The van der Waals surface area contributed by atoms with Gasteiger partial charge in [0.25, 0.3) is 0 Å². The van der Waals surface area contributed by atoms with E-state index in [0.29, 0.717) is 18.7 Å². The van der Waals surface area contributed by atoms with Crippen LogP contribution in [0.5, 0.6) is 0 Å². The average molecular weight is 371 g/mol. The van der Waals surface area contributed by atoms with Crippen molar-refractivity contribution < 1.29 is 19.1 Å². The molecule has 0 saturated carbocycles. The first-order chi connectivity index (χ1) is 11.5. The van der Waals surface area contributed by atoms with Gasteiger partial charge in [0.1, 0.15) is 5.60 Å². The Hall–Kier alpha value is -1.63. The molecule has 7 heteroatoms. The second-order valence-electron chi connectivity index (χ2n) is 7.29. The van der Waals surface area contributed by atoms with Crippen LogP contribution in [0.25, 0.3) is 0 Å². The van der Waals surface area contributed by atoms with Gasteiger partial charge in [-0.1, -0.05) is 13.8 Å². The molecule has 0 aliphatic heterocycles. The molecule has 0 spiro atoms. The molecule has 1 heterocycles. The fourth-order valence-electron chi connectivity index (χ4n) is 2.44. The quantitative estimate of drug-likeness (QED) is 0.675. The van der Waals surface area contributed by atoms with Gasteiger partial charge in [0, 0.05) is 24.9 Å². The highest BCUT2D eigenvalue weighted by molar-refractivity contribution is 7.09. The molecule has 1 amide bonds. The molecule has 1 rings (SSSR count). The summed E-state index contributed by atoms with van der Waals surface area (Å²) < 4.78 is 10.4. The lowest BCUT2D eigenvalue weighted by Gasteiger charge is -2.33. The number of amides is 1. The van der Waals surface area contributed by atoms with Crippen LogP contribution in [0.1, 0.15) is 63.5 Å². The van der Waals surface area contributed by atoms with E-state index in [9.17, 15) is 9.59 Å². The fourth-order valence-corrected chi connectivity index (χ4v) is 3.22. The third-order valence-corrected chi connectivity index (χ3v) is 4.55. The van der Waals surface area contributed by atoms with E-state index in [4.69, 9.17) is 9.47 Å². The van der Waals surface area contributed by atoms with Crippen molar-refractivity contribution in [3.63, 3.8) is 0 Å². The Balaban J connectivity index is 2.70. The third-order valence-electron chi connectivity index (χ3n) is 3.64. The maximum absolute atomic E-state index is 12.3. The number of thiazole rings is 1. The zero-order valence-corrected chi connectivity index (χ0v) is 17.1. The molecule has 0 N–H and O–H groups in total. The smallest absolute Gasteiger partial charge is 0.410 e. The molecule has 0 fully saturated rings. The zero-order chi connectivity index (χ0) is 19.2. The summed E-state index contributed by atoms with van der Waals surface area (Å²) in [6.45, 7) is 11.8. The van der Waals surface area contributed by atoms with Crippen LogP contribution >= 0.6 is 11.3 Å². The molecule has 0 aromatic carbocycles. The number of hydrogen-bond acceptors (Lipinski definition) is 6. The Morgan fingerprint density at radius 2 is 1.96 bits per heavy atom. The summed E-state index contributed by atoms with van der Waals surface area (Å²) in [5.41, 5.74) is -0.167. The van der Waals surface area contributed by atoms with Gasteiger partial charge in [-0.05, 0) is 40.0 Å². The first-order valence-corrected chi connectivity index (χ1v) is 9.50. The van der Waals surface area contributed by atoms with Crippen molar-refractivity contribution in [3.8, 4) is 0 Å². The van der Waals surface area contributed by atoms with Crippen molar-refractivity contribution in [1.82, 2.24) is 9.88 Å². The molecule has 6 nitrogen and oxygen atoms in total. The van der Waals surface area contributed by atoms with E-state index in [1.165, 1.54) is 11.3 Å². The maximum Gasteiger partial charge on any atom is 0.410 e. The molecule has 142 valence electrons. The first kappa shape index (κ1) is 21.4. The minimum Gasteiger partial charge on any atom is -0.461 e. The second-order valence-corrected chi connectivity index (χ2v) is 8.23. The molecule has 0 saturated heterocycles. The van der Waals surface area contributed by atoms with E-state index in [0.717, 1.165) is 11.4 Å². The molecule has 0 bridgehead atoms. The number of nitrogens with zero attached hydrogens (tertiary/aromatic N) is 2. The van der Waals surface area contributed by atoms with Crippen LogP contribution in [0.4, 0.5) is 4.79 Å². The normalized spacial score (nSPS) is 12.8. The summed E-state index contributed by atoms with van der Waals surface area (Å²) in [6, 6.07) is 0.0322. The van der Waals surface area contributed by atoms with Crippen molar-refractivity contribution in [2.24, 2.45) is 5.92 Å². The number of esters is 1. The summed E-state index contributed by atoms with van der Waals surface area (Å²) in [5, 5.41) is 2.58. The minimum absolute atomic E-state index is 0.0322. The van der Waals surface area contributed by atoms with Crippen LogP contribution in [-0.4, -0.2) is 47.2 Å². The van der Waals surface area contributed by atoms with Crippen LogP contribution in [0, 0.1) is 5.92 Å². The van der Waals surface area contributed by atoms with Crippen molar-refractivity contribution >= 4 is 23.4 Å². The van der Waals surface area contributed by atoms with Gasteiger partial charge in [0.05, 0.1) is 11.6 Å². The first-order valence-electron chi connectivity index (χ1n) is 8.62. The Morgan fingerprint density at radius 1 is 1.32 bits per heavy atom. The Kier molecular flexibility index (Phi) is 7.86. The predicted octanol–water partition coefficient (Wildman–Crippen LogP) is 4.14. The number of rotatable bonds is 7. The summed E-state index contributed by atoms with van der Waals surface area (Å²) in [4.78, 5) is 30.0. The number of carbonyl (C=O) groups is 2. The van der Waals surface area contributed by atoms with Crippen LogP contribution in [-0.2, 0) is 15.9 Å². The van der Waals surface area contributed by atoms with E-state index < -0.39 is 11.6 Å². The summed E-state index contributed by atoms with van der Waals surface area (Å²) in [6.07, 6.45) is 1.13. The summed E-state index contributed by atoms with van der Waals surface area (Å²) >= 11 is 1.44. The Labute approximate surface area is 154 Å². The molecule has 1 aromatic rings. The predicted molar refractivity (Wildman–Crippen MR) is 99.0 cm³/mol. The van der Waals surface area contributed by atoms with Crippen molar-refractivity contribution in [3.05, 3.63) is 16.1 Å². The van der Waals surface area contributed by atoms with Gasteiger partial charge >= 0.3 is 12.1 Å². The van der Waals surface area contributed by atoms with E-state index >= 15 is 0 Å². The number of aryl methyl sites for hydroxylation is 1. The van der Waals surface area contributed by atoms with E-state index in [2.05, 4.69) is 18.8 Å². The Bertz CT molecular complexity index is 578. The standard InChI is InChI=1S/C18H30N2O4S/c1-8-23-16(21)13-11-25-15(19-13)10-9-14(12(2)3)20(7)17(22)24-18(4,5)6/h11-12,14H,8-10H2,1-7H3. The number of hydrogen-bond donors (Lipinski definition) is 0. The SMILES string of the molecule is CCOC(=O)c1csc(CCC(C(C)C)N(C)C(=O)OC(C)(C)C)n1. The molecule has 0 aliphatic carbocycles. The molecule has 1 unspecified atom stereocenters. The van der Waals surface area contributed by atoms with Crippen LogP contribution in [0.3, 0.4) is 0 Å². The van der Waals surface area contributed by atoms with Gasteiger partial charge in [-0.3, -0.25) is 0 Å². The molecule has 1 aromatic heterocycles. The highest BCUT2D eigenvalue weighted by Crippen LogP contribution is 2.21. The van der Waals surface area contributed by atoms with Crippen LogP contribution < -0.4 is 0 Å². The maximum atomic E-state index is 12.3. The van der Waals surface area contributed by atoms with Crippen molar-refractivity contribution in [2.75, 3.05) is 13.7 Å². The van der Waals surface area contributed by atoms with E-state index in [1.54, 1.807) is 24.3 Å². The monoisotopic (exact) mass is 370 g/mol. The van der Waals surface area contributed by atoms with Gasteiger partial charge < -0.3 is 14.4 Å². The summed E-state index contributed by atoms with van der Waals surface area (Å²) in [7, 11) is 1.77. The van der Waals surface area contributed by atoms with Crippen LogP contribution in [0.15, 0.2) is 5.38 Å². The number of aromatic nitrogens is 1. The number of ether oxygens (including phenoxy) is 2. The van der Waals surface area contributed by atoms with Gasteiger partial charge in [0.2, 0.25) is 0 Å². The van der Waals surface area contributed by atoms with E-state index in [1.807, 2.05) is 20.8 Å². The highest BCUT2D eigenvalue weighted by atomic mass is 32.1. The van der Waals surface area contributed by atoms with Gasteiger partial charge in [-0.2, -0.15) is 0 Å². The van der Waals surface area contributed by atoms with Crippen molar-refractivity contribution in [2.45, 2.75) is 66.0 Å². The van der Waals surface area contributed by atoms with Crippen molar-refractivity contribution in [1.29, 1.82) is 0 Å². The molecule has 1 atom stereocenters. The Morgan fingerprint density at radius 3 is 2.48 bits per heavy atom. The highest BCUT2D eigenvalue weighted by Gasteiger charge is 2.27. The lowest BCUT2D eigenvalue weighted by Crippen LogP contribution is -2.43. The summed E-state index contributed by atoms with van der Waals surface area (Å²) in [5.74, 6) is -0.113.